The van der Waals surface area contributed by atoms with E-state index in [1.807, 2.05) is 4.90 Å². The van der Waals surface area contributed by atoms with Crippen molar-refractivity contribution in [2.75, 3.05) is 7.11 Å². The maximum absolute atomic E-state index is 13.8. The number of carbonyl (C=O) groups is 2. The molecular formula is C31H42ClNO3. The molecule has 2 bridgehead atoms. The van der Waals surface area contributed by atoms with Crippen LogP contribution in [0.2, 0.25) is 5.02 Å². The molecular weight excluding hydrogens is 470 g/mol. The Morgan fingerprint density at radius 1 is 1.17 bits per heavy atom. The number of methoxy groups -OCH3 is 1. The minimum Gasteiger partial charge on any atom is -0.469 e. The van der Waals surface area contributed by atoms with Gasteiger partial charge in [0.1, 0.15) is 0 Å². The third kappa shape index (κ3) is 3.77. The van der Waals surface area contributed by atoms with Gasteiger partial charge in [0, 0.05) is 23.1 Å². The monoisotopic (exact) mass is 511 g/mol. The smallest absolute Gasteiger partial charge is 0.312 e. The minimum atomic E-state index is -0.365. The van der Waals surface area contributed by atoms with E-state index < -0.39 is 0 Å². The third-order valence-electron chi connectivity index (χ3n) is 10.3. The Bertz CT molecular complexity index is 1120. The molecule has 6 rings (SSSR count). The lowest BCUT2D eigenvalue weighted by Gasteiger charge is -2.72. The van der Waals surface area contributed by atoms with Gasteiger partial charge in [-0.3, -0.25) is 9.59 Å². The first-order valence-corrected chi connectivity index (χ1v) is 14.0. The van der Waals surface area contributed by atoms with Crippen LogP contribution in [0.4, 0.5) is 0 Å². The normalized spacial score (nSPS) is 34.8. The molecule has 4 saturated carbocycles. The van der Waals surface area contributed by atoms with Crippen LogP contribution in [0.3, 0.4) is 0 Å². The van der Waals surface area contributed by atoms with Gasteiger partial charge in [-0.2, -0.15) is 0 Å². The Kier molecular flexibility index (Phi) is 5.80. The molecule has 1 aromatic rings. The highest BCUT2D eigenvalue weighted by Gasteiger charge is 2.75. The Labute approximate surface area is 221 Å². The highest BCUT2D eigenvalue weighted by Crippen LogP contribution is 2.71. The maximum Gasteiger partial charge on any atom is 0.312 e. The number of rotatable bonds is 5. The van der Waals surface area contributed by atoms with Gasteiger partial charge < -0.3 is 9.64 Å². The van der Waals surface area contributed by atoms with Gasteiger partial charge in [-0.05, 0) is 84.5 Å². The fourth-order valence-electron chi connectivity index (χ4n) is 7.51. The van der Waals surface area contributed by atoms with Crippen molar-refractivity contribution in [2.24, 2.45) is 22.2 Å². The van der Waals surface area contributed by atoms with Crippen molar-refractivity contribution >= 4 is 23.5 Å². The molecule has 1 heterocycles. The zero-order chi connectivity index (χ0) is 26.3. The first-order chi connectivity index (χ1) is 16.7. The molecule has 4 nitrogen and oxygen atoms in total. The van der Waals surface area contributed by atoms with Crippen molar-refractivity contribution in [3.05, 3.63) is 46.1 Å². The third-order valence-corrected chi connectivity index (χ3v) is 10.6. The molecule has 0 N–H and O–H groups in total. The highest BCUT2D eigenvalue weighted by atomic mass is 35.5. The lowest BCUT2D eigenvalue weighted by molar-refractivity contribution is -0.226. The molecule has 1 unspecified atom stereocenters. The van der Waals surface area contributed by atoms with Crippen molar-refractivity contribution in [3.8, 4) is 0 Å². The number of aryl methyl sites for hydroxylation is 1. The molecule has 36 heavy (non-hydrogen) atoms. The van der Waals surface area contributed by atoms with E-state index >= 15 is 0 Å². The number of hydrogen-bond acceptors (Lipinski definition) is 3. The molecule has 1 aliphatic heterocycles. The number of halogens is 1. The topological polar surface area (TPSA) is 46.6 Å². The average molecular weight is 512 g/mol. The number of benzene rings is 1. The van der Waals surface area contributed by atoms with E-state index in [0.29, 0.717) is 12.3 Å². The lowest BCUT2D eigenvalue weighted by Crippen LogP contribution is -2.77. The zero-order valence-electron chi connectivity index (χ0n) is 23.1. The van der Waals surface area contributed by atoms with Crippen LogP contribution in [-0.4, -0.2) is 29.4 Å². The van der Waals surface area contributed by atoms with Gasteiger partial charge >= 0.3 is 5.97 Å². The van der Waals surface area contributed by atoms with E-state index in [0.717, 1.165) is 50.0 Å². The molecule has 196 valence electrons. The number of amides is 1. The molecule has 0 saturated heterocycles. The van der Waals surface area contributed by atoms with Crippen molar-refractivity contribution in [3.63, 3.8) is 0 Å². The van der Waals surface area contributed by atoms with Crippen LogP contribution >= 0.6 is 11.6 Å². The number of nitrogens with zero attached hydrogens (tertiary/aromatic N) is 1. The molecule has 4 fully saturated rings. The first kappa shape index (κ1) is 25.8. The summed E-state index contributed by atoms with van der Waals surface area (Å²) in [6.45, 7) is 13.8. The van der Waals surface area contributed by atoms with Gasteiger partial charge in [-0.1, -0.05) is 65.3 Å². The van der Waals surface area contributed by atoms with Gasteiger partial charge in [0.25, 0.3) is 0 Å². The van der Waals surface area contributed by atoms with E-state index in [-0.39, 0.29) is 39.1 Å². The zero-order valence-corrected chi connectivity index (χ0v) is 23.8. The summed E-state index contributed by atoms with van der Waals surface area (Å²) >= 11 is 6.87. The van der Waals surface area contributed by atoms with E-state index in [2.05, 4.69) is 65.9 Å². The van der Waals surface area contributed by atoms with Gasteiger partial charge in [-0.25, -0.2) is 0 Å². The molecule has 1 aromatic carbocycles. The maximum atomic E-state index is 13.8. The number of hydrogen-bond donors (Lipinski definition) is 0. The quantitative estimate of drug-likeness (QED) is 0.392. The van der Waals surface area contributed by atoms with E-state index in [9.17, 15) is 9.59 Å². The average Bonchev–Trinajstić information content (AvgIpc) is 2.74. The largest absolute Gasteiger partial charge is 0.469 e. The molecule has 5 heteroatoms. The van der Waals surface area contributed by atoms with Crippen LogP contribution < -0.4 is 0 Å². The van der Waals surface area contributed by atoms with Crippen molar-refractivity contribution in [2.45, 2.75) is 104 Å². The molecule has 2 atom stereocenters. The number of esters is 1. The first-order valence-electron chi connectivity index (χ1n) is 13.6. The predicted molar refractivity (Wildman–Crippen MR) is 144 cm³/mol. The Hall–Kier alpha value is -1.81. The van der Waals surface area contributed by atoms with Crippen LogP contribution in [0.1, 0.15) is 97.6 Å². The van der Waals surface area contributed by atoms with Gasteiger partial charge in [-0.15, -0.1) is 0 Å². The Morgan fingerprint density at radius 3 is 2.42 bits per heavy atom. The summed E-state index contributed by atoms with van der Waals surface area (Å²) in [4.78, 5) is 28.1. The fourth-order valence-corrected chi connectivity index (χ4v) is 7.78. The van der Waals surface area contributed by atoms with Crippen molar-refractivity contribution < 1.29 is 14.3 Å². The number of carbonyl (C=O) groups excluding carboxylic acids is 2. The molecule has 5 aliphatic rings. The number of ether oxygens (including phenoxy) is 1. The van der Waals surface area contributed by atoms with Gasteiger partial charge in [0.05, 0.1) is 18.1 Å². The molecule has 1 amide bonds. The van der Waals surface area contributed by atoms with Crippen molar-refractivity contribution in [1.29, 1.82) is 0 Å². The Morgan fingerprint density at radius 2 is 1.83 bits per heavy atom. The SMILES string of the molecule is COC(=O)C12CC(N3C=C4C(C)C(C)(C)CC[C@@]4(c4ccc(CCC(C)(C)C)c(Cl)c4)CC3=O)(C1)C2. The summed E-state index contributed by atoms with van der Waals surface area (Å²) in [7, 11) is 1.46. The van der Waals surface area contributed by atoms with Crippen LogP contribution in [0.25, 0.3) is 0 Å². The molecule has 0 radical (unpaired) electrons. The number of allylic oxidation sites excluding steroid dienone is 1. The van der Waals surface area contributed by atoms with Crippen LogP contribution in [0, 0.1) is 22.2 Å². The standard InChI is InChI=1S/C31H42ClNO3/c1-20-23-16-33(30-17-29(18-30,19-30)26(35)36-7)25(34)15-31(23,13-12-28(20,5)6)22-9-8-21(24(32)14-22)10-11-27(2,3)4/h8-9,14,16,20H,10-13,15,17-19H2,1-7H3/t20?,29?,30?,31-/m0/s1. The summed E-state index contributed by atoms with van der Waals surface area (Å²) < 4.78 is 5.04. The van der Waals surface area contributed by atoms with Crippen molar-refractivity contribution in [1.82, 2.24) is 4.90 Å². The fraction of sp³-hybridized carbons (Fsp3) is 0.677. The Balaban J connectivity index is 1.50. The van der Waals surface area contributed by atoms with Crippen LogP contribution in [0.5, 0.6) is 0 Å². The van der Waals surface area contributed by atoms with E-state index in [1.54, 1.807) is 0 Å². The van der Waals surface area contributed by atoms with E-state index in [1.165, 1.54) is 23.8 Å². The van der Waals surface area contributed by atoms with E-state index in [4.69, 9.17) is 16.3 Å². The minimum absolute atomic E-state index is 0.121. The molecule has 0 spiro atoms. The summed E-state index contributed by atoms with van der Waals surface area (Å²) in [5.74, 6) is 0.393. The molecule has 0 aromatic heterocycles. The second-order valence-electron chi connectivity index (χ2n) is 14.2. The highest BCUT2D eigenvalue weighted by molar-refractivity contribution is 6.31. The second-order valence-corrected chi connectivity index (χ2v) is 14.6. The summed E-state index contributed by atoms with van der Waals surface area (Å²) in [5.41, 5.74) is 3.26. The van der Waals surface area contributed by atoms with Crippen LogP contribution in [-0.2, 0) is 26.2 Å². The second kappa shape index (κ2) is 8.09. The summed E-state index contributed by atoms with van der Waals surface area (Å²) in [6.07, 6.45) is 8.90. The predicted octanol–water partition coefficient (Wildman–Crippen LogP) is 7.22. The summed E-state index contributed by atoms with van der Waals surface area (Å²) in [6, 6.07) is 6.58. The van der Waals surface area contributed by atoms with Gasteiger partial charge in [0.2, 0.25) is 5.91 Å². The molecule has 4 aliphatic carbocycles. The van der Waals surface area contributed by atoms with Gasteiger partial charge in [0.15, 0.2) is 0 Å². The number of fused-ring (bicyclic) bond motifs is 1. The summed E-state index contributed by atoms with van der Waals surface area (Å²) in [5, 5.41) is 0.817. The van der Waals surface area contributed by atoms with Crippen LogP contribution in [0.15, 0.2) is 30.0 Å². The lowest BCUT2D eigenvalue weighted by atomic mass is 9.38.